The van der Waals surface area contributed by atoms with Crippen molar-refractivity contribution in [2.45, 2.75) is 33.1 Å². The summed E-state index contributed by atoms with van der Waals surface area (Å²) in [5.74, 6) is -1.75. The fraction of sp³-hybridized carbons (Fsp3) is 0.286. The van der Waals surface area contributed by atoms with Crippen LogP contribution in [0.2, 0.25) is 0 Å². The van der Waals surface area contributed by atoms with E-state index in [1.54, 1.807) is 27.0 Å². The summed E-state index contributed by atoms with van der Waals surface area (Å²) in [6.07, 6.45) is -0.642. The molecule has 1 atom stereocenters. The Labute approximate surface area is 176 Å². The summed E-state index contributed by atoms with van der Waals surface area (Å²) in [6, 6.07) is 6.46. The van der Waals surface area contributed by atoms with E-state index >= 15 is 0 Å². The van der Waals surface area contributed by atoms with Crippen LogP contribution in [0, 0.1) is 12.7 Å². The van der Waals surface area contributed by atoms with Gasteiger partial charge in [-0.1, -0.05) is 12.1 Å². The van der Waals surface area contributed by atoms with Gasteiger partial charge in [-0.25, -0.2) is 9.07 Å². The zero-order valence-electron chi connectivity index (χ0n) is 17.0. The molecule has 0 radical (unpaired) electrons. The van der Waals surface area contributed by atoms with Crippen LogP contribution in [-0.4, -0.2) is 33.6 Å². The van der Waals surface area contributed by atoms with Crippen LogP contribution in [0.5, 0.6) is 5.75 Å². The molecule has 0 aliphatic rings. The molecule has 0 saturated heterocycles. The number of nitrogens with zero attached hydrogens (tertiary/aromatic N) is 4. The van der Waals surface area contributed by atoms with Gasteiger partial charge in [0, 0.05) is 12.6 Å². The average Bonchev–Trinajstić information content (AvgIpc) is 3.09. The van der Waals surface area contributed by atoms with Crippen molar-refractivity contribution in [2.75, 3.05) is 11.4 Å². The van der Waals surface area contributed by atoms with Gasteiger partial charge >= 0.3 is 6.36 Å². The number of likely N-dealkylation sites (N-methyl/N-ethyl adjacent to an activating group) is 1. The van der Waals surface area contributed by atoms with Crippen molar-refractivity contribution in [3.05, 3.63) is 66.0 Å². The second-order valence-electron chi connectivity index (χ2n) is 6.83. The molecule has 0 spiro atoms. The van der Waals surface area contributed by atoms with Gasteiger partial charge in [-0.2, -0.15) is 5.10 Å². The molecule has 0 aliphatic heterocycles. The summed E-state index contributed by atoms with van der Waals surface area (Å²) in [7, 11) is 0. The Balaban J connectivity index is 1.83. The molecule has 1 aromatic carbocycles. The van der Waals surface area contributed by atoms with E-state index in [2.05, 4.69) is 14.8 Å². The molecular weight excluding hydrogens is 416 g/mol. The second kappa shape index (κ2) is 8.75. The van der Waals surface area contributed by atoms with E-state index in [-0.39, 0.29) is 11.7 Å². The normalized spacial score (nSPS) is 12.5. The minimum atomic E-state index is -4.78. The molecular formula is C21H20F4N4O2. The summed E-state index contributed by atoms with van der Waals surface area (Å²) in [5.41, 5.74) is 2.05. The van der Waals surface area contributed by atoms with Gasteiger partial charge in [0.2, 0.25) is 5.91 Å². The number of alkyl halides is 3. The SMILES string of the molecule is CCN(C(=O)C(C)c1ccc(OC(F)(F)F)cc1)c1cn(-c2cncc(F)c2)nc1C. The first-order valence-corrected chi connectivity index (χ1v) is 9.43. The summed E-state index contributed by atoms with van der Waals surface area (Å²) in [5, 5.41) is 4.34. The number of hydrogen-bond donors (Lipinski definition) is 0. The van der Waals surface area contributed by atoms with Gasteiger partial charge in [-0.05, 0) is 38.5 Å². The number of pyridine rings is 1. The standard InChI is InChI=1S/C21H20F4N4O2/c1-4-28(19-12-29(27-14(19)3)17-9-16(22)10-26-11-17)20(30)13(2)15-5-7-18(8-6-15)31-21(23,24)25/h5-13H,4H2,1-3H3. The van der Waals surface area contributed by atoms with Crippen molar-refractivity contribution in [2.24, 2.45) is 0 Å². The zero-order valence-corrected chi connectivity index (χ0v) is 17.0. The predicted molar refractivity (Wildman–Crippen MR) is 106 cm³/mol. The lowest BCUT2D eigenvalue weighted by atomic mass is 9.99. The van der Waals surface area contributed by atoms with Crippen LogP contribution < -0.4 is 9.64 Å². The van der Waals surface area contributed by atoms with E-state index in [0.29, 0.717) is 29.2 Å². The van der Waals surface area contributed by atoms with Crippen LogP contribution in [0.15, 0.2) is 48.9 Å². The molecule has 3 aromatic rings. The van der Waals surface area contributed by atoms with Crippen molar-refractivity contribution < 1.29 is 27.1 Å². The highest BCUT2D eigenvalue weighted by Crippen LogP contribution is 2.28. The molecule has 2 heterocycles. The lowest BCUT2D eigenvalue weighted by Crippen LogP contribution is -2.34. The van der Waals surface area contributed by atoms with Gasteiger partial charge in [0.25, 0.3) is 0 Å². The maximum atomic E-state index is 13.5. The molecule has 0 aliphatic carbocycles. The number of aromatic nitrogens is 3. The lowest BCUT2D eigenvalue weighted by Gasteiger charge is -2.24. The third kappa shape index (κ3) is 5.19. The maximum Gasteiger partial charge on any atom is 0.573 e. The molecule has 2 aromatic heterocycles. The quantitative estimate of drug-likeness (QED) is 0.523. The maximum absolute atomic E-state index is 13.5. The van der Waals surface area contributed by atoms with Crippen LogP contribution >= 0.6 is 0 Å². The number of benzene rings is 1. The molecule has 0 fully saturated rings. The average molecular weight is 436 g/mol. The lowest BCUT2D eigenvalue weighted by molar-refractivity contribution is -0.274. The Morgan fingerprint density at radius 3 is 2.48 bits per heavy atom. The van der Waals surface area contributed by atoms with Crippen LogP contribution in [0.4, 0.5) is 23.2 Å². The Kier molecular flexibility index (Phi) is 6.28. The molecule has 0 saturated carbocycles. The van der Waals surface area contributed by atoms with Crippen LogP contribution in [0.1, 0.15) is 31.0 Å². The Hall–Kier alpha value is -3.43. The Bertz CT molecular complexity index is 1060. The number of carbonyl (C=O) groups is 1. The molecule has 31 heavy (non-hydrogen) atoms. The second-order valence-corrected chi connectivity index (χ2v) is 6.83. The minimum Gasteiger partial charge on any atom is -0.406 e. The highest BCUT2D eigenvalue weighted by atomic mass is 19.4. The summed E-state index contributed by atoms with van der Waals surface area (Å²) >= 11 is 0. The molecule has 3 rings (SSSR count). The van der Waals surface area contributed by atoms with E-state index in [9.17, 15) is 22.4 Å². The summed E-state index contributed by atoms with van der Waals surface area (Å²) in [4.78, 5) is 18.5. The van der Waals surface area contributed by atoms with E-state index in [4.69, 9.17) is 0 Å². The van der Waals surface area contributed by atoms with Crippen molar-refractivity contribution in [1.82, 2.24) is 14.8 Å². The molecule has 0 bridgehead atoms. The third-order valence-corrected chi connectivity index (χ3v) is 4.69. The highest BCUT2D eigenvalue weighted by molar-refractivity contribution is 5.98. The first-order valence-electron chi connectivity index (χ1n) is 9.43. The smallest absolute Gasteiger partial charge is 0.406 e. The summed E-state index contributed by atoms with van der Waals surface area (Å²) < 4.78 is 55.8. The fourth-order valence-corrected chi connectivity index (χ4v) is 3.15. The third-order valence-electron chi connectivity index (χ3n) is 4.69. The van der Waals surface area contributed by atoms with Crippen LogP contribution in [0.25, 0.3) is 5.69 Å². The Morgan fingerprint density at radius 1 is 1.23 bits per heavy atom. The number of amides is 1. The van der Waals surface area contributed by atoms with Gasteiger partial charge in [-0.15, -0.1) is 13.2 Å². The van der Waals surface area contributed by atoms with E-state index in [1.165, 1.54) is 46.1 Å². The number of ether oxygens (including phenoxy) is 1. The number of aryl methyl sites for hydroxylation is 1. The van der Waals surface area contributed by atoms with E-state index in [1.807, 2.05) is 0 Å². The first-order chi connectivity index (χ1) is 14.6. The van der Waals surface area contributed by atoms with Crippen LogP contribution in [0.3, 0.4) is 0 Å². The number of carbonyl (C=O) groups excluding carboxylic acids is 1. The van der Waals surface area contributed by atoms with Crippen molar-refractivity contribution in [3.63, 3.8) is 0 Å². The monoisotopic (exact) mass is 436 g/mol. The Morgan fingerprint density at radius 2 is 1.90 bits per heavy atom. The number of rotatable bonds is 6. The largest absolute Gasteiger partial charge is 0.573 e. The molecule has 1 unspecified atom stereocenters. The predicted octanol–water partition coefficient (Wildman–Crippen LogP) is 4.77. The zero-order chi connectivity index (χ0) is 22.8. The number of halogens is 4. The molecule has 10 heteroatoms. The highest BCUT2D eigenvalue weighted by Gasteiger charge is 2.31. The molecule has 6 nitrogen and oxygen atoms in total. The first kappa shape index (κ1) is 22.3. The van der Waals surface area contributed by atoms with E-state index in [0.717, 1.165) is 6.20 Å². The van der Waals surface area contributed by atoms with Gasteiger partial charge in [-0.3, -0.25) is 9.78 Å². The fourth-order valence-electron chi connectivity index (χ4n) is 3.15. The van der Waals surface area contributed by atoms with Gasteiger partial charge in [0.15, 0.2) is 0 Å². The number of anilines is 1. The van der Waals surface area contributed by atoms with Crippen molar-refractivity contribution in [1.29, 1.82) is 0 Å². The van der Waals surface area contributed by atoms with Crippen LogP contribution in [-0.2, 0) is 4.79 Å². The minimum absolute atomic E-state index is 0.257. The van der Waals surface area contributed by atoms with Gasteiger partial charge in [0.05, 0.1) is 41.6 Å². The topological polar surface area (TPSA) is 60.2 Å². The molecule has 164 valence electrons. The van der Waals surface area contributed by atoms with Gasteiger partial charge < -0.3 is 9.64 Å². The van der Waals surface area contributed by atoms with E-state index < -0.39 is 18.1 Å². The number of hydrogen-bond acceptors (Lipinski definition) is 4. The molecule has 1 amide bonds. The summed E-state index contributed by atoms with van der Waals surface area (Å²) in [6.45, 7) is 5.53. The molecule has 0 N–H and O–H groups in total. The van der Waals surface area contributed by atoms with Crippen molar-refractivity contribution >= 4 is 11.6 Å². The van der Waals surface area contributed by atoms with Gasteiger partial charge in [0.1, 0.15) is 11.6 Å². The van der Waals surface area contributed by atoms with Crippen molar-refractivity contribution in [3.8, 4) is 11.4 Å².